The average Bonchev–Trinajstić information content (AvgIpc) is 3.38. The summed E-state index contributed by atoms with van der Waals surface area (Å²) in [6, 6.07) is 18.0. The van der Waals surface area contributed by atoms with Gasteiger partial charge in [0, 0.05) is 24.6 Å². The third-order valence-electron chi connectivity index (χ3n) is 5.05. The minimum absolute atomic E-state index is 0.103. The number of nitrogens with one attached hydrogen (secondary N) is 1. The van der Waals surface area contributed by atoms with Gasteiger partial charge in [0.2, 0.25) is 0 Å². The first-order valence-corrected chi connectivity index (χ1v) is 11.7. The molecule has 0 aliphatic heterocycles. The van der Waals surface area contributed by atoms with Crippen LogP contribution in [0.25, 0.3) is 32.4 Å². The van der Waals surface area contributed by atoms with Crippen molar-refractivity contribution >= 4 is 44.3 Å². The van der Waals surface area contributed by atoms with Gasteiger partial charge in [0.1, 0.15) is 10.7 Å². The lowest BCUT2D eigenvalue weighted by Crippen LogP contribution is -2.11. The van der Waals surface area contributed by atoms with Gasteiger partial charge in [-0.15, -0.1) is 11.3 Å². The fourth-order valence-corrected chi connectivity index (χ4v) is 5.46. The van der Waals surface area contributed by atoms with E-state index in [4.69, 9.17) is 14.7 Å². The highest BCUT2D eigenvalue weighted by Gasteiger charge is 2.15. The second kappa shape index (κ2) is 8.66. The maximum absolute atomic E-state index is 12.9. The normalized spacial score (nSPS) is 11.5. The van der Waals surface area contributed by atoms with Crippen LogP contribution in [0.2, 0.25) is 0 Å². The number of H-pyrrole nitrogens is 1. The highest BCUT2D eigenvalue weighted by atomic mass is 32.2. The molecule has 0 atom stereocenters. The molecule has 5 rings (SSSR count). The molecule has 0 bridgehead atoms. The fourth-order valence-electron chi connectivity index (χ4n) is 3.59. The molecule has 8 heteroatoms. The molecule has 0 saturated heterocycles. The maximum Gasteiger partial charge on any atom is 0.260 e. The number of hydrogen-bond donors (Lipinski definition) is 1. The molecule has 3 heterocycles. The number of nitrogens with zero attached hydrogens (tertiary/aromatic N) is 3. The second-order valence-corrected chi connectivity index (χ2v) is 8.82. The summed E-state index contributed by atoms with van der Waals surface area (Å²) in [5.41, 5.74) is 3.87. The topological polar surface area (TPSA) is 72.8 Å². The Morgan fingerprint density at radius 2 is 1.90 bits per heavy atom. The van der Waals surface area contributed by atoms with Gasteiger partial charge in [-0.2, -0.15) is 0 Å². The lowest BCUT2D eigenvalue weighted by molar-refractivity contribution is 0.186. The molecule has 31 heavy (non-hydrogen) atoms. The van der Waals surface area contributed by atoms with E-state index in [0.717, 1.165) is 32.1 Å². The zero-order valence-electron chi connectivity index (χ0n) is 16.9. The van der Waals surface area contributed by atoms with Crippen molar-refractivity contribution in [3.8, 4) is 11.1 Å². The average molecular weight is 449 g/mol. The van der Waals surface area contributed by atoms with Crippen molar-refractivity contribution in [1.29, 1.82) is 0 Å². The number of methoxy groups -OCH3 is 1. The molecule has 0 saturated carbocycles. The summed E-state index contributed by atoms with van der Waals surface area (Å²) >= 11 is 3.06. The zero-order valence-corrected chi connectivity index (χ0v) is 18.5. The first-order valence-electron chi connectivity index (χ1n) is 9.87. The van der Waals surface area contributed by atoms with Gasteiger partial charge in [0.05, 0.1) is 28.8 Å². The van der Waals surface area contributed by atoms with Crippen LogP contribution in [0.15, 0.2) is 69.9 Å². The lowest BCUT2D eigenvalue weighted by atomic mass is 10.1. The molecular formula is C23H20N4O2S2. The predicted molar refractivity (Wildman–Crippen MR) is 127 cm³/mol. The summed E-state index contributed by atoms with van der Waals surface area (Å²) in [6.45, 7) is 1.32. The van der Waals surface area contributed by atoms with E-state index in [9.17, 15) is 4.79 Å². The number of thiophene rings is 1. The van der Waals surface area contributed by atoms with Crippen LogP contribution in [0.4, 0.5) is 0 Å². The minimum atomic E-state index is -0.103. The molecule has 0 unspecified atom stereocenters. The van der Waals surface area contributed by atoms with E-state index in [1.807, 2.05) is 53.9 Å². The van der Waals surface area contributed by atoms with Crippen molar-refractivity contribution in [2.45, 2.75) is 17.5 Å². The third kappa shape index (κ3) is 3.89. The Hall–Kier alpha value is -2.94. The number of imidazole rings is 1. The molecule has 0 aliphatic carbocycles. The highest BCUT2D eigenvalue weighted by molar-refractivity contribution is 7.98. The monoisotopic (exact) mass is 448 g/mol. The number of hydrogen-bond acceptors (Lipinski definition) is 6. The SMILES string of the molecule is COCCn1c(SCc2nc3scc(-c4ccccc4)c3c(=O)[nH]2)nc2ccccc21. The van der Waals surface area contributed by atoms with Crippen LogP contribution in [0.5, 0.6) is 0 Å². The van der Waals surface area contributed by atoms with E-state index in [2.05, 4.69) is 15.6 Å². The number of para-hydroxylation sites is 2. The molecule has 3 aromatic heterocycles. The number of aromatic nitrogens is 4. The van der Waals surface area contributed by atoms with Crippen LogP contribution in [-0.2, 0) is 17.0 Å². The number of rotatable bonds is 7. The molecule has 156 valence electrons. The molecule has 0 radical (unpaired) electrons. The molecule has 0 fully saturated rings. The number of aromatic amines is 1. The van der Waals surface area contributed by atoms with Crippen molar-refractivity contribution in [2.75, 3.05) is 13.7 Å². The number of ether oxygens (including phenoxy) is 1. The zero-order chi connectivity index (χ0) is 21.2. The molecule has 0 amide bonds. The highest BCUT2D eigenvalue weighted by Crippen LogP contribution is 2.31. The van der Waals surface area contributed by atoms with Gasteiger partial charge in [-0.05, 0) is 17.7 Å². The van der Waals surface area contributed by atoms with Crippen LogP contribution >= 0.6 is 23.1 Å². The fraction of sp³-hybridized carbons (Fsp3) is 0.174. The molecule has 5 aromatic rings. The van der Waals surface area contributed by atoms with Gasteiger partial charge in [-0.1, -0.05) is 54.2 Å². The number of benzene rings is 2. The summed E-state index contributed by atoms with van der Waals surface area (Å²) in [7, 11) is 1.69. The Kier molecular flexibility index (Phi) is 5.59. The van der Waals surface area contributed by atoms with Crippen LogP contribution < -0.4 is 5.56 Å². The van der Waals surface area contributed by atoms with E-state index in [0.29, 0.717) is 30.1 Å². The molecule has 2 aromatic carbocycles. The van der Waals surface area contributed by atoms with Crippen molar-refractivity contribution in [3.05, 3.63) is 76.2 Å². The third-order valence-corrected chi connectivity index (χ3v) is 6.91. The Morgan fingerprint density at radius 3 is 2.74 bits per heavy atom. The standard InChI is InChI=1S/C23H20N4O2S2/c1-29-12-11-27-18-10-6-5-9-17(18)24-23(27)31-14-19-25-21(28)20-16(13-30-22(20)26-19)15-7-3-2-4-8-15/h2-10,13H,11-12,14H2,1H3,(H,25,26,28). The summed E-state index contributed by atoms with van der Waals surface area (Å²) in [6.07, 6.45) is 0. The van der Waals surface area contributed by atoms with Gasteiger partial charge in [-0.25, -0.2) is 9.97 Å². The Bertz CT molecular complexity index is 1410. The second-order valence-electron chi connectivity index (χ2n) is 7.02. The van der Waals surface area contributed by atoms with Crippen molar-refractivity contribution < 1.29 is 4.74 Å². The summed E-state index contributed by atoms with van der Waals surface area (Å²) in [4.78, 5) is 26.1. The van der Waals surface area contributed by atoms with Crippen molar-refractivity contribution in [3.63, 3.8) is 0 Å². The molecule has 0 spiro atoms. The van der Waals surface area contributed by atoms with E-state index >= 15 is 0 Å². The Balaban J connectivity index is 1.45. The van der Waals surface area contributed by atoms with Crippen molar-refractivity contribution in [1.82, 2.24) is 19.5 Å². The quantitative estimate of drug-likeness (QED) is 0.357. The Morgan fingerprint density at radius 1 is 1.10 bits per heavy atom. The van der Waals surface area contributed by atoms with Crippen LogP contribution in [0, 0.1) is 0 Å². The Labute approximate surface area is 186 Å². The van der Waals surface area contributed by atoms with E-state index < -0.39 is 0 Å². The maximum atomic E-state index is 12.9. The van der Waals surface area contributed by atoms with Gasteiger partial charge in [0.15, 0.2) is 5.16 Å². The van der Waals surface area contributed by atoms with E-state index in [1.54, 1.807) is 18.9 Å². The first kappa shape index (κ1) is 20.0. The molecule has 1 N–H and O–H groups in total. The van der Waals surface area contributed by atoms with Crippen LogP contribution in [0.3, 0.4) is 0 Å². The largest absolute Gasteiger partial charge is 0.383 e. The number of thioether (sulfide) groups is 1. The van der Waals surface area contributed by atoms with Gasteiger partial charge < -0.3 is 14.3 Å². The summed E-state index contributed by atoms with van der Waals surface area (Å²) in [5, 5.41) is 3.54. The molecule has 6 nitrogen and oxygen atoms in total. The minimum Gasteiger partial charge on any atom is -0.383 e. The number of fused-ring (bicyclic) bond motifs is 2. The van der Waals surface area contributed by atoms with Gasteiger partial charge in [-0.3, -0.25) is 4.79 Å². The van der Waals surface area contributed by atoms with Crippen molar-refractivity contribution in [2.24, 2.45) is 0 Å². The first-order chi connectivity index (χ1) is 15.2. The van der Waals surface area contributed by atoms with Gasteiger partial charge >= 0.3 is 0 Å². The van der Waals surface area contributed by atoms with E-state index in [1.165, 1.54) is 11.3 Å². The van der Waals surface area contributed by atoms with E-state index in [-0.39, 0.29) is 5.56 Å². The summed E-state index contributed by atoms with van der Waals surface area (Å²) < 4.78 is 7.42. The predicted octanol–water partition coefficient (Wildman–Crippen LogP) is 4.94. The molecule has 0 aliphatic rings. The van der Waals surface area contributed by atoms with Gasteiger partial charge in [0.25, 0.3) is 5.56 Å². The van der Waals surface area contributed by atoms with Crippen LogP contribution in [0.1, 0.15) is 5.82 Å². The lowest BCUT2D eigenvalue weighted by Gasteiger charge is -2.08. The van der Waals surface area contributed by atoms with Crippen LogP contribution in [-0.4, -0.2) is 33.2 Å². The molecular weight excluding hydrogens is 428 g/mol. The summed E-state index contributed by atoms with van der Waals surface area (Å²) in [5.74, 6) is 1.18. The smallest absolute Gasteiger partial charge is 0.260 e.